The molecule has 4 aromatic rings. The van der Waals surface area contributed by atoms with Crippen molar-refractivity contribution in [1.29, 1.82) is 0 Å². The molecular formula is C23H24N6O2. The fourth-order valence-electron chi connectivity index (χ4n) is 4.26. The lowest BCUT2D eigenvalue weighted by Crippen LogP contribution is -2.18. The summed E-state index contributed by atoms with van der Waals surface area (Å²) in [6.07, 6.45) is 7.89. The highest BCUT2D eigenvalue weighted by Crippen LogP contribution is 2.35. The third kappa shape index (κ3) is 3.54. The molecule has 1 saturated carbocycles. The lowest BCUT2D eigenvalue weighted by Gasteiger charge is -2.26. The molecule has 5 rings (SSSR count). The molecule has 0 radical (unpaired) electrons. The van der Waals surface area contributed by atoms with Crippen molar-refractivity contribution in [2.75, 3.05) is 5.73 Å². The average Bonchev–Trinajstić information content (AvgIpc) is 3.39. The van der Waals surface area contributed by atoms with Crippen LogP contribution in [0.25, 0.3) is 33.7 Å². The Hall–Kier alpha value is -3.68. The number of pyridine rings is 1. The van der Waals surface area contributed by atoms with Crippen LogP contribution in [-0.4, -0.2) is 25.7 Å². The van der Waals surface area contributed by atoms with Crippen molar-refractivity contribution < 1.29 is 9.21 Å². The summed E-state index contributed by atoms with van der Waals surface area (Å²) < 4.78 is 7.76. The molecule has 8 heteroatoms. The van der Waals surface area contributed by atoms with Gasteiger partial charge >= 0.3 is 0 Å². The second-order valence-electron chi connectivity index (χ2n) is 8.29. The Morgan fingerprint density at radius 3 is 2.68 bits per heavy atom. The first-order valence-corrected chi connectivity index (χ1v) is 10.5. The number of carbonyl (C=O) groups excluding carboxylic acids is 1. The molecule has 0 atom stereocenters. The Labute approximate surface area is 179 Å². The predicted octanol–water partition coefficient (Wildman–Crippen LogP) is 4.19. The summed E-state index contributed by atoms with van der Waals surface area (Å²) in [5, 5.41) is 4.54. The number of fused-ring (bicyclic) bond motifs is 1. The maximum Gasteiger partial charge on any atom is 0.269 e. The van der Waals surface area contributed by atoms with Crippen LogP contribution in [0.1, 0.15) is 49.1 Å². The quantitative estimate of drug-likeness (QED) is 0.514. The highest BCUT2D eigenvalue weighted by Gasteiger charge is 2.24. The van der Waals surface area contributed by atoms with Gasteiger partial charge in [-0.25, -0.2) is 9.97 Å². The van der Waals surface area contributed by atoms with E-state index in [1.165, 1.54) is 0 Å². The van der Waals surface area contributed by atoms with E-state index in [4.69, 9.17) is 15.9 Å². The number of nitrogens with two attached hydrogens (primary N) is 2. The largest absolute Gasteiger partial charge is 0.436 e. The maximum absolute atomic E-state index is 12.2. The lowest BCUT2D eigenvalue weighted by molar-refractivity contribution is 0.0994. The number of hydrogen-bond acceptors (Lipinski definition) is 6. The Morgan fingerprint density at radius 1 is 1.16 bits per heavy atom. The molecule has 1 amide bonds. The minimum atomic E-state index is -0.571. The summed E-state index contributed by atoms with van der Waals surface area (Å²) in [6.45, 7) is 2.27. The van der Waals surface area contributed by atoms with Gasteiger partial charge in [-0.3, -0.25) is 9.48 Å². The second kappa shape index (κ2) is 7.54. The van der Waals surface area contributed by atoms with E-state index in [1.807, 2.05) is 41.2 Å². The normalized spacial score (nSPS) is 19.0. The van der Waals surface area contributed by atoms with E-state index in [-0.39, 0.29) is 11.7 Å². The summed E-state index contributed by atoms with van der Waals surface area (Å²) in [7, 11) is 0. The van der Waals surface area contributed by atoms with Crippen molar-refractivity contribution in [3.63, 3.8) is 0 Å². The summed E-state index contributed by atoms with van der Waals surface area (Å²) in [4.78, 5) is 21.0. The molecule has 8 nitrogen and oxygen atoms in total. The number of anilines is 1. The number of benzene rings is 1. The van der Waals surface area contributed by atoms with Crippen LogP contribution in [0.5, 0.6) is 0 Å². The van der Waals surface area contributed by atoms with Gasteiger partial charge < -0.3 is 15.9 Å². The fourth-order valence-corrected chi connectivity index (χ4v) is 4.26. The second-order valence-corrected chi connectivity index (χ2v) is 8.29. The molecule has 0 aliphatic heterocycles. The summed E-state index contributed by atoms with van der Waals surface area (Å²) in [5.74, 6) is 0.826. The molecule has 0 unspecified atom stereocenters. The zero-order valence-corrected chi connectivity index (χ0v) is 17.3. The minimum absolute atomic E-state index is 0.230. The molecule has 0 saturated heterocycles. The zero-order chi connectivity index (χ0) is 21.5. The third-order valence-corrected chi connectivity index (χ3v) is 6.08. The van der Waals surface area contributed by atoms with Gasteiger partial charge in [-0.2, -0.15) is 5.10 Å². The Morgan fingerprint density at radius 2 is 1.94 bits per heavy atom. The SMILES string of the molecule is CC1CCC(n2cc(-c3cnc(N)c(-c4nc5ccccc5o4)c3)c(C(N)=O)n2)CC1. The van der Waals surface area contributed by atoms with Crippen LogP contribution in [-0.2, 0) is 0 Å². The number of carbonyl (C=O) groups is 1. The monoisotopic (exact) mass is 416 g/mol. The molecule has 31 heavy (non-hydrogen) atoms. The van der Waals surface area contributed by atoms with Crippen LogP contribution in [0.15, 0.2) is 47.1 Å². The number of aromatic nitrogens is 4. The molecule has 3 heterocycles. The van der Waals surface area contributed by atoms with Crippen molar-refractivity contribution >= 4 is 22.8 Å². The molecular weight excluding hydrogens is 392 g/mol. The van der Waals surface area contributed by atoms with Gasteiger partial charge in [0, 0.05) is 23.5 Å². The van der Waals surface area contributed by atoms with Gasteiger partial charge in [0.2, 0.25) is 5.89 Å². The molecule has 0 spiro atoms. The Balaban J connectivity index is 1.57. The topological polar surface area (TPSA) is 126 Å². The van der Waals surface area contributed by atoms with Crippen molar-refractivity contribution in [3.8, 4) is 22.6 Å². The van der Waals surface area contributed by atoms with Crippen LogP contribution in [0, 0.1) is 5.92 Å². The van der Waals surface area contributed by atoms with Gasteiger partial charge in [-0.1, -0.05) is 19.1 Å². The summed E-state index contributed by atoms with van der Waals surface area (Å²) in [5.41, 5.74) is 15.3. The van der Waals surface area contributed by atoms with E-state index in [0.717, 1.165) is 37.1 Å². The van der Waals surface area contributed by atoms with E-state index < -0.39 is 5.91 Å². The van der Waals surface area contributed by atoms with E-state index in [1.54, 1.807) is 6.20 Å². The van der Waals surface area contributed by atoms with Gasteiger partial charge in [0.1, 0.15) is 11.3 Å². The highest BCUT2D eigenvalue weighted by atomic mass is 16.3. The maximum atomic E-state index is 12.2. The first kappa shape index (κ1) is 19.3. The number of amides is 1. The van der Waals surface area contributed by atoms with Crippen molar-refractivity contribution in [2.45, 2.75) is 38.6 Å². The molecule has 3 aromatic heterocycles. The average molecular weight is 416 g/mol. The van der Waals surface area contributed by atoms with Gasteiger partial charge in [0.25, 0.3) is 5.91 Å². The number of hydrogen-bond donors (Lipinski definition) is 2. The number of para-hydroxylation sites is 2. The molecule has 1 aliphatic carbocycles. The number of oxazole rings is 1. The van der Waals surface area contributed by atoms with Crippen LogP contribution in [0.2, 0.25) is 0 Å². The number of nitrogens with zero attached hydrogens (tertiary/aromatic N) is 4. The van der Waals surface area contributed by atoms with E-state index in [2.05, 4.69) is 22.0 Å². The molecule has 0 bridgehead atoms. The standard InChI is InChI=1S/C23H24N6O2/c1-13-6-8-15(9-7-13)29-12-17(20(28-29)22(25)30)14-10-16(21(24)26-11-14)23-27-18-4-2-3-5-19(18)31-23/h2-5,10-13,15H,6-9H2,1H3,(H2,24,26)(H2,25,30). The molecule has 158 valence electrons. The van der Waals surface area contributed by atoms with Crippen molar-refractivity contribution in [3.05, 3.63) is 48.4 Å². The summed E-state index contributed by atoms with van der Waals surface area (Å²) in [6, 6.07) is 9.58. The Bertz CT molecular complexity index is 1230. The number of rotatable bonds is 4. The van der Waals surface area contributed by atoms with Gasteiger partial charge in [0.15, 0.2) is 11.3 Å². The molecule has 1 aliphatic rings. The smallest absolute Gasteiger partial charge is 0.269 e. The lowest BCUT2D eigenvalue weighted by atomic mass is 9.87. The van der Waals surface area contributed by atoms with Gasteiger partial charge in [-0.15, -0.1) is 0 Å². The van der Waals surface area contributed by atoms with Crippen LogP contribution in [0.3, 0.4) is 0 Å². The van der Waals surface area contributed by atoms with Crippen LogP contribution < -0.4 is 11.5 Å². The first-order valence-electron chi connectivity index (χ1n) is 10.5. The summed E-state index contributed by atoms with van der Waals surface area (Å²) >= 11 is 0. The van der Waals surface area contributed by atoms with Gasteiger partial charge in [-0.05, 0) is 49.8 Å². The van der Waals surface area contributed by atoms with Crippen LogP contribution in [0.4, 0.5) is 5.82 Å². The number of nitrogen functional groups attached to an aromatic ring is 1. The zero-order valence-electron chi connectivity index (χ0n) is 17.3. The Kier molecular flexibility index (Phi) is 4.69. The van der Waals surface area contributed by atoms with E-state index >= 15 is 0 Å². The molecule has 1 fully saturated rings. The molecule has 4 N–H and O–H groups in total. The third-order valence-electron chi connectivity index (χ3n) is 6.08. The minimum Gasteiger partial charge on any atom is -0.436 e. The fraction of sp³-hybridized carbons (Fsp3) is 0.304. The van der Waals surface area contributed by atoms with Gasteiger partial charge in [0.05, 0.1) is 11.6 Å². The van der Waals surface area contributed by atoms with Crippen molar-refractivity contribution in [1.82, 2.24) is 19.7 Å². The van der Waals surface area contributed by atoms with E-state index in [0.29, 0.717) is 34.0 Å². The van der Waals surface area contributed by atoms with Crippen molar-refractivity contribution in [2.24, 2.45) is 11.7 Å². The first-order chi connectivity index (χ1) is 15.0. The van der Waals surface area contributed by atoms with E-state index in [9.17, 15) is 4.79 Å². The van der Waals surface area contributed by atoms with Crippen LogP contribution >= 0.6 is 0 Å². The number of primary amides is 1. The molecule has 1 aromatic carbocycles. The highest BCUT2D eigenvalue weighted by molar-refractivity contribution is 5.98. The predicted molar refractivity (Wildman–Crippen MR) is 118 cm³/mol.